The first kappa shape index (κ1) is 14.9. The quantitative estimate of drug-likeness (QED) is 0.863. The third kappa shape index (κ3) is 4.23. The summed E-state index contributed by atoms with van der Waals surface area (Å²) in [6, 6.07) is 8.39. The molecule has 1 aromatic rings. The van der Waals surface area contributed by atoms with Gasteiger partial charge in [0, 0.05) is 26.2 Å². The van der Waals surface area contributed by atoms with E-state index in [1.54, 1.807) is 0 Å². The van der Waals surface area contributed by atoms with Crippen LogP contribution >= 0.6 is 0 Å². The van der Waals surface area contributed by atoms with Gasteiger partial charge in [-0.15, -0.1) is 0 Å². The van der Waals surface area contributed by atoms with Crippen molar-refractivity contribution in [3.05, 3.63) is 35.4 Å². The molecule has 1 atom stereocenters. The first-order valence-electron chi connectivity index (χ1n) is 7.38. The average Bonchev–Trinajstić information content (AvgIpc) is 2.88. The van der Waals surface area contributed by atoms with Crippen molar-refractivity contribution in [1.29, 1.82) is 0 Å². The predicted octanol–water partition coefficient (Wildman–Crippen LogP) is 1.95. The van der Waals surface area contributed by atoms with Gasteiger partial charge in [0.2, 0.25) is 0 Å². The van der Waals surface area contributed by atoms with Gasteiger partial charge in [0.1, 0.15) is 0 Å². The Labute approximate surface area is 120 Å². The molecule has 1 heterocycles. The zero-order valence-electron chi connectivity index (χ0n) is 12.1. The normalized spacial score (nSPS) is 18.3. The maximum Gasteiger partial charge on any atom is 0.317 e. The van der Waals surface area contributed by atoms with Gasteiger partial charge < -0.3 is 15.3 Å². The molecule has 0 spiro atoms. The lowest BCUT2D eigenvalue weighted by Gasteiger charge is -2.17. The molecule has 1 saturated heterocycles. The summed E-state index contributed by atoms with van der Waals surface area (Å²) in [5.74, 6) is 0.461. The average molecular weight is 276 g/mol. The van der Waals surface area contributed by atoms with Gasteiger partial charge in [-0.3, -0.25) is 0 Å². The van der Waals surface area contributed by atoms with Crippen LogP contribution in [0, 0.1) is 12.8 Å². The number of aliphatic hydroxyl groups is 1. The Balaban J connectivity index is 1.70. The molecular weight excluding hydrogens is 252 g/mol. The van der Waals surface area contributed by atoms with Gasteiger partial charge in [0.05, 0.1) is 0 Å². The monoisotopic (exact) mass is 276 g/mol. The summed E-state index contributed by atoms with van der Waals surface area (Å²) in [5, 5.41) is 11.9. The Kier molecular flexibility index (Phi) is 5.41. The van der Waals surface area contributed by atoms with Crippen molar-refractivity contribution in [3.8, 4) is 0 Å². The van der Waals surface area contributed by atoms with Crippen LogP contribution in [0.25, 0.3) is 0 Å². The number of hydrogen-bond acceptors (Lipinski definition) is 2. The largest absolute Gasteiger partial charge is 0.396 e. The van der Waals surface area contributed by atoms with Gasteiger partial charge in [-0.2, -0.15) is 0 Å². The molecule has 2 N–H and O–H groups in total. The molecule has 1 unspecified atom stereocenters. The number of nitrogens with one attached hydrogen (secondary N) is 1. The summed E-state index contributed by atoms with van der Waals surface area (Å²) >= 11 is 0. The summed E-state index contributed by atoms with van der Waals surface area (Å²) in [6.45, 7) is 4.54. The lowest BCUT2D eigenvalue weighted by atomic mass is 10.1. The summed E-state index contributed by atoms with van der Waals surface area (Å²) in [4.78, 5) is 13.9. The summed E-state index contributed by atoms with van der Waals surface area (Å²) in [5.41, 5.74) is 2.50. The first-order chi connectivity index (χ1) is 9.69. The number of carbonyl (C=O) groups excluding carboxylic acids is 1. The van der Waals surface area contributed by atoms with Crippen LogP contribution < -0.4 is 5.32 Å². The van der Waals surface area contributed by atoms with Crippen LogP contribution in [0.15, 0.2) is 24.3 Å². The van der Waals surface area contributed by atoms with Gasteiger partial charge in [-0.1, -0.05) is 29.8 Å². The molecule has 1 aromatic carbocycles. The zero-order valence-corrected chi connectivity index (χ0v) is 12.1. The van der Waals surface area contributed by atoms with Gasteiger partial charge in [-0.05, 0) is 37.7 Å². The predicted molar refractivity (Wildman–Crippen MR) is 79.7 cm³/mol. The summed E-state index contributed by atoms with van der Waals surface area (Å²) in [7, 11) is 0. The molecule has 0 aromatic heterocycles. The Morgan fingerprint density at radius 3 is 3.10 bits per heavy atom. The zero-order chi connectivity index (χ0) is 14.4. The highest BCUT2D eigenvalue weighted by atomic mass is 16.3. The van der Waals surface area contributed by atoms with E-state index in [9.17, 15) is 4.79 Å². The lowest BCUT2D eigenvalue weighted by molar-refractivity contribution is 0.204. The van der Waals surface area contributed by atoms with E-state index in [0.29, 0.717) is 12.5 Å². The molecule has 0 saturated carbocycles. The number of hydrogen-bond donors (Lipinski definition) is 2. The minimum atomic E-state index is 0.0260. The smallest absolute Gasteiger partial charge is 0.317 e. The lowest BCUT2D eigenvalue weighted by Crippen LogP contribution is -2.39. The van der Waals surface area contributed by atoms with Gasteiger partial charge in [-0.25, -0.2) is 4.79 Å². The number of amides is 2. The van der Waals surface area contributed by atoms with E-state index >= 15 is 0 Å². The fourth-order valence-electron chi connectivity index (χ4n) is 2.73. The molecule has 110 valence electrons. The molecule has 4 heteroatoms. The number of carbonyl (C=O) groups is 1. The third-order valence-electron chi connectivity index (χ3n) is 3.88. The molecule has 0 bridgehead atoms. The van der Waals surface area contributed by atoms with Crippen molar-refractivity contribution in [2.24, 2.45) is 5.92 Å². The second kappa shape index (κ2) is 7.29. The number of urea groups is 1. The fraction of sp³-hybridized carbons (Fsp3) is 0.562. The topological polar surface area (TPSA) is 52.6 Å². The first-order valence-corrected chi connectivity index (χ1v) is 7.38. The van der Waals surface area contributed by atoms with Crippen LogP contribution in [0.5, 0.6) is 0 Å². The molecule has 2 rings (SSSR count). The molecule has 0 aliphatic carbocycles. The minimum Gasteiger partial charge on any atom is -0.396 e. The highest BCUT2D eigenvalue weighted by molar-refractivity contribution is 5.74. The highest BCUT2D eigenvalue weighted by Crippen LogP contribution is 2.18. The van der Waals surface area contributed by atoms with Crippen molar-refractivity contribution in [3.63, 3.8) is 0 Å². The summed E-state index contributed by atoms with van der Waals surface area (Å²) in [6.07, 6.45) is 2.67. The number of aryl methyl sites for hydroxylation is 1. The molecular formula is C16H24N2O2. The molecule has 4 nitrogen and oxygen atoms in total. The minimum absolute atomic E-state index is 0.0260. The fourth-order valence-corrected chi connectivity index (χ4v) is 2.73. The number of nitrogens with zero attached hydrogens (tertiary/aromatic N) is 1. The molecule has 1 aliphatic heterocycles. The van der Waals surface area contributed by atoms with E-state index in [1.807, 2.05) is 11.0 Å². The Morgan fingerprint density at radius 2 is 2.35 bits per heavy atom. The van der Waals surface area contributed by atoms with Crippen molar-refractivity contribution >= 4 is 6.03 Å². The standard InChI is InChI=1S/C16H24N2O2/c1-13-3-2-4-14(11-13)5-8-17-16(20)18-9-6-15(12-18)7-10-19/h2-4,11,15,19H,5-10,12H2,1H3,(H,17,20). The number of rotatable bonds is 5. The summed E-state index contributed by atoms with van der Waals surface area (Å²) < 4.78 is 0. The molecule has 1 fully saturated rings. The van der Waals surface area contributed by atoms with Crippen molar-refractivity contribution in [2.45, 2.75) is 26.2 Å². The molecule has 1 aliphatic rings. The molecule has 2 amide bonds. The number of likely N-dealkylation sites (tertiary alicyclic amines) is 1. The van der Waals surface area contributed by atoms with Crippen LogP contribution in [-0.4, -0.2) is 42.3 Å². The third-order valence-corrected chi connectivity index (χ3v) is 3.88. The van der Waals surface area contributed by atoms with E-state index in [1.165, 1.54) is 11.1 Å². The maximum absolute atomic E-state index is 12.0. The van der Waals surface area contributed by atoms with E-state index in [2.05, 4.69) is 30.4 Å². The Bertz CT molecular complexity index is 448. The number of aliphatic hydroxyl groups excluding tert-OH is 1. The molecule has 20 heavy (non-hydrogen) atoms. The van der Waals surface area contributed by atoms with E-state index < -0.39 is 0 Å². The maximum atomic E-state index is 12.0. The van der Waals surface area contributed by atoms with Crippen molar-refractivity contribution < 1.29 is 9.90 Å². The van der Waals surface area contributed by atoms with E-state index in [-0.39, 0.29) is 12.6 Å². The van der Waals surface area contributed by atoms with Gasteiger partial charge in [0.15, 0.2) is 0 Å². The van der Waals surface area contributed by atoms with Gasteiger partial charge >= 0.3 is 6.03 Å². The van der Waals surface area contributed by atoms with Crippen LogP contribution in [0.4, 0.5) is 4.79 Å². The second-order valence-electron chi connectivity index (χ2n) is 5.58. The van der Waals surface area contributed by atoms with E-state index in [0.717, 1.165) is 32.4 Å². The highest BCUT2D eigenvalue weighted by Gasteiger charge is 2.25. The van der Waals surface area contributed by atoms with Crippen LogP contribution in [0.1, 0.15) is 24.0 Å². The Morgan fingerprint density at radius 1 is 1.50 bits per heavy atom. The van der Waals surface area contributed by atoms with Crippen LogP contribution in [0.3, 0.4) is 0 Å². The van der Waals surface area contributed by atoms with Gasteiger partial charge in [0.25, 0.3) is 0 Å². The van der Waals surface area contributed by atoms with Crippen LogP contribution in [-0.2, 0) is 6.42 Å². The van der Waals surface area contributed by atoms with Crippen molar-refractivity contribution in [1.82, 2.24) is 10.2 Å². The SMILES string of the molecule is Cc1cccc(CCNC(=O)N2CCC(CCO)C2)c1. The Hall–Kier alpha value is -1.55. The van der Waals surface area contributed by atoms with Crippen LogP contribution in [0.2, 0.25) is 0 Å². The second-order valence-corrected chi connectivity index (χ2v) is 5.58. The van der Waals surface area contributed by atoms with E-state index in [4.69, 9.17) is 5.11 Å². The van der Waals surface area contributed by atoms with Crippen molar-refractivity contribution in [2.75, 3.05) is 26.2 Å². The molecule has 0 radical (unpaired) electrons. The number of benzene rings is 1.